The van der Waals surface area contributed by atoms with Crippen LogP contribution in [0, 0.1) is 6.92 Å². The molecule has 0 fully saturated rings. The van der Waals surface area contributed by atoms with E-state index in [1.54, 1.807) is 7.11 Å². The highest BCUT2D eigenvalue weighted by Gasteiger charge is 2.04. The summed E-state index contributed by atoms with van der Waals surface area (Å²) in [6.45, 7) is 7.55. The highest BCUT2D eigenvalue weighted by atomic mass is 16.5. The van der Waals surface area contributed by atoms with Crippen LogP contribution in [-0.4, -0.2) is 42.4 Å². The average Bonchev–Trinajstić information content (AvgIpc) is 3.20. The number of hydrogen-bond donors (Lipinski definition) is 2. The molecule has 0 bridgehead atoms. The Kier molecular flexibility index (Phi) is 9.13. The van der Waals surface area contributed by atoms with E-state index in [1.165, 1.54) is 5.56 Å². The summed E-state index contributed by atoms with van der Waals surface area (Å²) in [6, 6.07) is 16.4. The molecule has 1 aromatic heterocycles. The maximum Gasteiger partial charge on any atom is 0.196 e. The number of guanidine groups is 1. The summed E-state index contributed by atoms with van der Waals surface area (Å²) in [5, 5.41) is 6.68. The van der Waals surface area contributed by atoms with Crippen LogP contribution < -0.4 is 15.4 Å². The summed E-state index contributed by atoms with van der Waals surface area (Å²) in [4.78, 5) is 9.06. The van der Waals surface area contributed by atoms with Gasteiger partial charge in [0.25, 0.3) is 0 Å². The van der Waals surface area contributed by atoms with Crippen molar-refractivity contribution in [1.29, 1.82) is 0 Å². The summed E-state index contributed by atoms with van der Waals surface area (Å²) in [5.74, 6) is 2.57. The first-order chi connectivity index (χ1) is 15.7. The van der Waals surface area contributed by atoms with Gasteiger partial charge in [0.15, 0.2) is 5.96 Å². The standard InChI is InChI=1S/C25H33N5O2/c1-4-26-25(29-23-10-6-11-24(17-23)32-15-7-14-31-3)28-18-21-8-5-9-22(16-21)19-30-13-12-27-20(30)2/h5-6,8-13,16-17H,4,7,14-15,18-19H2,1-3H3,(H2,26,28,29). The first-order valence-corrected chi connectivity index (χ1v) is 11.0. The predicted octanol–water partition coefficient (Wildman–Crippen LogP) is 4.23. The summed E-state index contributed by atoms with van der Waals surface area (Å²) < 4.78 is 13.0. The van der Waals surface area contributed by atoms with Crippen molar-refractivity contribution < 1.29 is 9.47 Å². The molecule has 3 aromatic rings. The second-order valence-corrected chi connectivity index (χ2v) is 7.47. The lowest BCUT2D eigenvalue weighted by molar-refractivity contribution is 0.172. The molecule has 7 heteroatoms. The van der Waals surface area contributed by atoms with E-state index in [2.05, 4.69) is 51.4 Å². The fourth-order valence-electron chi connectivity index (χ4n) is 3.26. The van der Waals surface area contributed by atoms with Crippen molar-refractivity contribution in [2.45, 2.75) is 33.4 Å². The molecule has 0 unspecified atom stereocenters. The minimum Gasteiger partial charge on any atom is -0.493 e. The second-order valence-electron chi connectivity index (χ2n) is 7.47. The lowest BCUT2D eigenvalue weighted by Crippen LogP contribution is -2.30. The first kappa shape index (κ1) is 23.3. The van der Waals surface area contributed by atoms with E-state index in [1.807, 2.05) is 43.6 Å². The summed E-state index contributed by atoms with van der Waals surface area (Å²) in [7, 11) is 1.70. The minimum atomic E-state index is 0.583. The van der Waals surface area contributed by atoms with E-state index < -0.39 is 0 Å². The van der Waals surface area contributed by atoms with Crippen LogP contribution >= 0.6 is 0 Å². The van der Waals surface area contributed by atoms with Gasteiger partial charge in [0.1, 0.15) is 11.6 Å². The van der Waals surface area contributed by atoms with E-state index >= 15 is 0 Å². The number of rotatable bonds is 11. The lowest BCUT2D eigenvalue weighted by atomic mass is 10.1. The third-order valence-electron chi connectivity index (χ3n) is 4.89. The summed E-state index contributed by atoms with van der Waals surface area (Å²) in [6.07, 6.45) is 4.69. The fraction of sp³-hybridized carbons (Fsp3) is 0.360. The van der Waals surface area contributed by atoms with Gasteiger partial charge < -0.3 is 24.7 Å². The second kappa shape index (κ2) is 12.5. The normalized spacial score (nSPS) is 11.4. The molecule has 0 saturated carbocycles. The molecule has 2 aromatic carbocycles. The van der Waals surface area contributed by atoms with Crippen LogP contribution in [0.2, 0.25) is 0 Å². The van der Waals surface area contributed by atoms with Crippen LogP contribution in [0.4, 0.5) is 5.69 Å². The summed E-state index contributed by atoms with van der Waals surface area (Å²) in [5.41, 5.74) is 3.32. The third kappa shape index (κ3) is 7.42. The van der Waals surface area contributed by atoms with Crippen molar-refractivity contribution in [2.75, 3.05) is 32.2 Å². The molecular weight excluding hydrogens is 402 g/mol. The number of ether oxygens (including phenoxy) is 2. The molecule has 3 rings (SSSR count). The Bertz CT molecular complexity index is 999. The Morgan fingerprint density at radius 1 is 1.09 bits per heavy atom. The maximum absolute atomic E-state index is 5.80. The number of methoxy groups -OCH3 is 1. The average molecular weight is 436 g/mol. The Balaban J connectivity index is 1.63. The monoisotopic (exact) mass is 435 g/mol. The van der Waals surface area contributed by atoms with E-state index in [0.29, 0.717) is 19.8 Å². The molecule has 0 spiro atoms. The zero-order valence-electron chi connectivity index (χ0n) is 19.2. The SMILES string of the molecule is CCNC(=NCc1cccc(Cn2ccnc2C)c1)Nc1cccc(OCCCOC)c1. The van der Waals surface area contributed by atoms with Crippen molar-refractivity contribution in [3.05, 3.63) is 77.9 Å². The number of aryl methyl sites for hydroxylation is 1. The van der Waals surface area contributed by atoms with Gasteiger partial charge >= 0.3 is 0 Å². The van der Waals surface area contributed by atoms with Crippen LogP contribution in [-0.2, 0) is 17.8 Å². The molecule has 0 atom stereocenters. The molecule has 0 aliphatic carbocycles. The fourth-order valence-corrected chi connectivity index (χ4v) is 3.26. The Morgan fingerprint density at radius 2 is 1.94 bits per heavy atom. The van der Waals surface area contributed by atoms with Crippen LogP contribution in [0.15, 0.2) is 65.9 Å². The first-order valence-electron chi connectivity index (χ1n) is 11.0. The number of imidazole rings is 1. The number of aromatic nitrogens is 2. The Morgan fingerprint density at radius 3 is 2.72 bits per heavy atom. The topological polar surface area (TPSA) is 72.7 Å². The molecule has 0 aliphatic heterocycles. The number of nitrogens with one attached hydrogen (secondary N) is 2. The van der Waals surface area contributed by atoms with Crippen molar-refractivity contribution in [3.8, 4) is 5.75 Å². The van der Waals surface area contributed by atoms with E-state index in [-0.39, 0.29) is 0 Å². The number of anilines is 1. The van der Waals surface area contributed by atoms with Gasteiger partial charge in [-0.3, -0.25) is 0 Å². The van der Waals surface area contributed by atoms with Gasteiger partial charge in [-0.05, 0) is 37.1 Å². The van der Waals surface area contributed by atoms with Gasteiger partial charge in [-0.25, -0.2) is 9.98 Å². The van der Waals surface area contributed by atoms with Gasteiger partial charge in [-0.1, -0.05) is 30.3 Å². The smallest absolute Gasteiger partial charge is 0.196 e. The molecule has 2 N–H and O–H groups in total. The Hall–Kier alpha value is -3.32. The van der Waals surface area contributed by atoms with E-state index in [0.717, 1.165) is 48.3 Å². The predicted molar refractivity (Wildman–Crippen MR) is 129 cm³/mol. The van der Waals surface area contributed by atoms with E-state index in [9.17, 15) is 0 Å². The van der Waals surface area contributed by atoms with Crippen molar-refractivity contribution >= 4 is 11.6 Å². The molecule has 170 valence electrons. The molecular formula is C25H33N5O2. The molecule has 0 amide bonds. The zero-order chi connectivity index (χ0) is 22.6. The highest BCUT2D eigenvalue weighted by Crippen LogP contribution is 2.18. The molecule has 7 nitrogen and oxygen atoms in total. The van der Waals surface area contributed by atoms with Crippen molar-refractivity contribution in [3.63, 3.8) is 0 Å². The van der Waals surface area contributed by atoms with E-state index in [4.69, 9.17) is 14.5 Å². The molecule has 32 heavy (non-hydrogen) atoms. The number of nitrogens with zero attached hydrogens (tertiary/aromatic N) is 3. The van der Waals surface area contributed by atoms with Crippen molar-refractivity contribution in [2.24, 2.45) is 4.99 Å². The van der Waals surface area contributed by atoms with Gasteiger partial charge in [0, 0.05) is 57.4 Å². The quantitative estimate of drug-likeness (QED) is 0.268. The molecule has 1 heterocycles. The summed E-state index contributed by atoms with van der Waals surface area (Å²) >= 11 is 0. The Labute approximate surface area is 190 Å². The maximum atomic E-state index is 5.80. The number of aliphatic imine (C=N–C) groups is 1. The van der Waals surface area contributed by atoms with Crippen LogP contribution in [0.1, 0.15) is 30.3 Å². The van der Waals surface area contributed by atoms with Gasteiger partial charge in [-0.15, -0.1) is 0 Å². The van der Waals surface area contributed by atoms with Crippen LogP contribution in [0.5, 0.6) is 5.75 Å². The van der Waals surface area contributed by atoms with Gasteiger partial charge in [0.2, 0.25) is 0 Å². The van der Waals surface area contributed by atoms with Gasteiger partial charge in [-0.2, -0.15) is 0 Å². The molecule has 0 saturated heterocycles. The number of benzene rings is 2. The lowest BCUT2D eigenvalue weighted by Gasteiger charge is -2.13. The number of hydrogen-bond acceptors (Lipinski definition) is 4. The molecule has 0 radical (unpaired) electrons. The molecule has 0 aliphatic rings. The van der Waals surface area contributed by atoms with Crippen LogP contribution in [0.3, 0.4) is 0 Å². The van der Waals surface area contributed by atoms with Gasteiger partial charge in [0.05, 0.1) is 13.2 Å². The van der Waals surface area contributed by atoms with Crippen LogP contribution in [0.25, 0.3) is 0 Å². The minimum absolute atomic E-state index is 0.583. The largest absolute Gasteiger partial charge is 0.493 e. The van der Waals surface area contributed by atoms with Crippen molar-refractivity contribution in [1.82, 2.24) is 14.9 Å². The third-order valence-corrected chi connectivity index (χ3v) is 4.89. The zero-order valence-corrected chi connectivity index (χ0v) is 19.2. The highest BCUT2D eigenvalue weighted by molar-refractivity contribution is 5.93.